The SMILES string of the molecule is CCc1nc2c(s1)C(N(C)CC(O)Cn1cccn1)CCC2. The average Bonchev–Trinajstić information content (AvgIpc) is 3.14. The van der Waals surface area contributed by atoms with Crippen molar-refractivity contribution < 1.29 is 5.11 Å². The first-order chi connectivity index (χ1) is 10.7. The van der Waals surface area contributed by atoms with E-state index in [0.717, 1.165) is 19.3 Å². The molecule has 3 rings (SSSR count). The molecule has 0 fully saturated rings. The van der Waals surface area contributed by atoms with Crippen LogP contribution in [0.2, 0.25) is 0 Å². The Labute approximate surface area is 135 Å². The molecule has 2 aromatic heterocycles. The van der Waals surface area contributed by atoms with Gasteiger partial charge in [-0.3, -0.25) is 9.58 Å². The summed E-state index contributed by atoms with van der Waals surface area (Å²) >= 11 is 1.85. The maximum absolute atomic E-state index is 10.3. The summed E-state index contributed by atoms with van der Waals surface area (Å²) in [6.45, 7) is 3.36. The van der Waals surface area contributed by atoms with Crippen LogP contribution in [0, 0.1) is 0 Å². The topological polar surface area (TPSA) is 54.2 Å². The van der Waals surface area contributed by atoms with E-state index < -0.39 is 6.10 Å². The molecule has 2 unspecified atom stereocenters. The van der Waals surface area contributed by atoms with E-state index in [1.54, 1.807) is 10.9 Å². The quantitative estimate of drug-likeness (QED) is 0.887. The molecule has 120 valence electrons. The molecule has 1 aliphatic rings. The Kier molecular flexibility index (Phi) is 4.90. The van der Waals surface area contributed by atoms with E-state index >= 15 is 0 Å². The normalized spacial score (nSPS) is 19.4. The Morgan fingerprint density at radius 3 is 3.14 bits per heavy atom. The lowest BCUT2D eigenvalue weighted by Gasteiger charge is -2.32. The van der Waals surface area contributed by atoms with Gasteiger partial charge in [0.1, 0.15) is 0 Å². The van der Waals surface area contributed by atoms with Gasteiger partial charge in [0.15, 0.2) is 0 Å². The number of aliphatic hydroxyl groups excluding tert-OH is 1. The summed E-state index contributed by atoms with van der Waals surface area (Å²) in [7, 11) is 2.11. The van der Waals surface area contributed by atoms with Crippen molar-refractivity contribution in [3.63, 3.8) is 0 Å². The summed E-state index contributed by atoms with van der Waals surface area (Å²) in [5.41, 5.74) is 1.28. The number of hydrogen-bond donors (Lipinski definition) is 1. The summed E-state index contributed by atoms with van der Waals surface area (Å²) < 4.78 is 1.78. The molecule has 6 heteroatoms. The second kappa shape index (κ2) is 6.89. The van der Waals surface area contributed by atoms with Crippen molar-refractivity contribution in [2.75, 3.05) is 13.6 Å². The molecule has 1 aliphatic carbocycles. The zero-order valence-corrected chi connectivity index (χ0v) is 14.1. The second-order valence-electron chi connectivity index (χ2n) is 6.00. The highest BCUT2D eigenvalue weighted by molar-refractivity contribution is 7.11. The average molecular weight is 320 g/mol. The third-order valence-corrected chi connectivity index (χ3v) is 5.60. The summed E-state index contributed by atoms with van der Waals surface area (Å²) in [4.78, 5) is 8.45. The Balaban J connectivity index is 1.65. The van der Waals surface area contributed by atoms with Crippen molar-refractivity contribution in [2.24, 2.45) is 0 Å². The Hall–Kier alpha value is -1.24. The number of fused-ring (bicyclic) bond motifs is 1. The largest absolute Gasteiger partial charge is 0.390 e. The number of likely N-dealkylation sites (N-methyl/N-ethyl adjacent to an activating group) is 1. The highest BCUT2D eigenvalue weighted by atomic mass is 32.1. The van der Waals surface area contributed by atoms with Crippen molar-refractivity contribution in [1.29, 1.82) is 0 Å². The lowest BCUT2D eigenvalue weighted by molar-refractivity contribution is 0.0838. The van der Waals surface area contributed by atoms with Gasteiger partial charge in [0, 0.05) is 29.9 Å². The lowest BCUT2D eigenvalue weighted by atomic mass is 9.97. The van der Waals surface area contributed by atoms with E-state index in [1.165, 1.54) is 22.0 Å². The number of aliphatic hydroxyl groups is 1. The number of hydrogen-bond acceptors (Lipinski definition) is 5. The van der Waals surface area contributed by atoms with Crippen molar-refractivity contribution in [3.05, 3.63) is 34.0 Å². The van der Waals surface area contributed by atoms with E-state index in [4.69, 9.17) is 4.98 Å². The number of aromatic nitrogens is 3. The standard InChI is InChI=1S/C16H24N4OS/c1-3-15-18-13-6-4-7-14(16(13)22-15)19(2)10-12(21)11-20-9-5-8-17-20/h5,8-9,12,14,21H,3-4,6-7,10-11H2,1-2H3. The van der Waals surface area contributed by atoms with Crippen LogP contribution < -0.4 is 0 Å². The summed E-state index contributed by atoms with van der Waals surface area (Å²) in [5.74, 6) is 0. The number of aryl methyl sites for hydroxylation is 2. The van der Waals surface area contributed by atoms with Crippen LogP contribution in [0.4, 0.5) is 0 Å². The molecule has 0 spiro atoms. The predicted molar refractivity (Wildman–Crippen MR) is 88.0 cm³/mol. The molecule has 0 aromatic carbocycles. The second-order valence-corrected chi connectivity index (χ2v) is 7.12. The molecular formula is C16H24N4OS. The van der Waals surface area contributed by atoms with Crippen LogP contribution in [0.15, 0.2) is 18.5 Å². The van der Waals surface area contributed by atoms with Gasteiger partial charge in [-0.1, -0.05) is 6.92 Å². The van der Waals surface area contributed by atoms with Crippen LogP contribution in [0.3, 0.4) is 0 Å². The van der Waals surface area contributed by atoms with Gasteiger partial charge >= 0.3 is 0 Å². The van der Waals surface area contributed by atoms with Gasteiger partial charge in [-0.05, 0) is 38.8 Å². The molecule has 2 aromatic rings. The van der Waals surface area contributed by atoms with E-state index in [-0.39, 0.29) is 0 Å². The first-order valence-corrected chi connectivity index (χ1v) is 8.83. The third kappa shape index (κ3) is 3.39. The monoisotopic (exact) mass is 320 g/mol. The number of thiazole rings is 1. The van der Waals surface area contributed by atoms with Crippen LogP contribution in [0.5, 0.6) is 0 Å². The van der Waals surface area contributed by atoms with E-state index in [9.17, 15) is 5.11 Å². The smallest absolute Gasteiger partial charge is 0.0928 e. The van der Waals surface area contributed by atoms with Crippen LogP contribution in [0.1, 0.15) is 41.4 Å². The molecule has 0 amide bonds. The van der Waals surface area contributed by atoms with Crippen molar-refractivity contribution >= 4 is 11.3 Å². The Morgan fingerprint density at radius 1 is 1.55 bits per heavy atom. The minimum atomic E-state index is -0.408. The predicted octanol–water partition coefficient (Wildman–Crippen LogP) is 2.27. The molecule has 2 heterocycles. The molecule has 0 saturated carbocycles. The maximum atomic E-state index is 10.3. The Bertz CT molecular complexity index is 595. The molecule has 1 N–H and O–H groups in total. The van der Waals surface area contributed by atoms with Gasteiger partial charge in [0.2, 0.25) is 0 Å². The fourth-order valence-electron chi connectivity index (χ4n) is 3.16. The van der Waals surface area contributed by atoms with Gasteiger partial charge in [0.05, 0.1) is 23.4 Å². The van der Waals surface area contributed by atoms with Crippen LogP contribution in [-0.4, -0.2) is 44.5 Å². The summed E-state index contributed by atoms with van der Waals surface area (Å²) in [6, 6.07) is 2.28. The fourth-order valence-corrected chi connectivity index (χ4v) is 4.41. The highest BCUT2D eigenvalue weighted by Gasteiger charge is 2.28. The molecular weight excluding hydrogens is 296 g/mol. The minimum Gasteiger partial charge on any atom is -0.390 e. The van der Waals surface area contributed by atoms with Crippen LogP contribution in [0.25, 0.3) is 0 Å². The molecule has 5 nitrogen and oxygen atoms in total. The maximum Gasteiger partial charge on any atom is 0.0928 e. The lowest BCUT2D eigenvalue weighted by Crippen LogP contribution is -2.35. The third-order valence-electron chi connectivity index (χ3n) is 4.26. The van der Waals surface area contributed by atoms with E-state index in [2.05, 4.69) is 24.0 Å². The molecule has 0 saturated heterocycles. The van der Waals surface area contributed by atoms with Gasteiger partial charge in [-0.15, -0.1) is 11.3 Å². The zero-order valence-electron chi connectivity index (χ0n) is 13.3. The van der Waals surface area contributed by atoms with E-state index in [0.29, 0.717) is 19.1 Å². The molecule has 0 aliphatic heterocycles. The molecule has 0 bridgehead atoms. The van der Waals surface area contributed by atoms with Gasteiger partial charge in [0.25, 0.3) is 0 Å². The van der Waals surface area contributed by atoms with Crippen LogP contribution >= 0.6 is 11.3 Å². The minimum absolute atomic E-state index is 0.397. The van der Waals surface area contributed by atoms with Gasteiger partial charge in [-0.25, -0.2) is 4.98 Å². The number of rotatable bonds is 6. The fraction of sp³-hybridized carbons (Fsp3) is 0.625. The first kappa shape index (κ1) is 15.6. The van der Waals surface area contributed by atoms with Gasteiger partial charge < -0.3 is 5.11 Å². The van der Waals surface area contributed by atoms with Crippen molar-refractivity contribution in [2.45, 2.75) is 51.3 Å². The van der Waals surface area contributed by atoms with Crippen molar-refractivity contribution in [3.8, 4) is 0 Å². The molecule has 2 atom stereocenters. The number of nitrogens with zero attached hydrogens (tertiary/aromatic N) is 4. The highest BCUT2D eigenvalue weighted by Crippen LogP contribution is 2.37. The first-order valence-electron chi connectivity index (χ1n) is 8.01. The summed E-state index contributed by atoms with van der Waals surface area (Å²) in [5, 5.41) is 15.7. The summed E-state index contributed by atoms with van der Waals surface area (Å²) in [6.07, 6.45) is 7.68. The zero-order chi connectivity index (χ0) is 15.5. The van der Waals surface area contributed by atoms with Gasteiger partial charge in [-0.2, -0.15) is 5.10 Å². The molecule has 0 radical (unpaired) electrons. The Morgan fingerprint density at radius 2 is 2.41 bits per heavy atom. The van der Waals surface area contributed by atoms with Crippen molar-refractivity contribution in [1.82, 2.24) is 19.7 Å². The van der Waals surface area contributed by atoms with Crippen LogP contribution in [-0.2, 0) is 19.4 Å². The van der Waals surface area contributed by atoms with E-state index in [1.807, 2.05) is 23.6 Å². The molecule has 22 heavy (non-hydrogen) atoms.